The first kappa shape index (κ1) is 20.0. The van der Waals surface area contributed by atoms with Gasteiger partial charge in [-0.1, -0.05) is 11.3 Å². The summed E-state index contributed by atoms with van der Waals surface area (Å²) in [4.78, 5) is 30.8. The molecule has 156 valence electrons. The Hall–Kier alpha value is -3.27. The Morgan fingerprint density at radius 1 is 1.20 bits per heavy atom. The monoisotopic (exact) mass is 433 g/mol. The number of fused-ring (bicyclic) bond motifs is 1. The lowest BCUT2D eigenvalue weighted by atomic mass is 10.1. The number of carbonyl (C=O) groups excluding carboxylic acids is 2. The largest absolute Gasteiger partial charge is 0.497 e. The van der Waals surface area contributed by atoms with Gasteiger partial charge in [0.25, 0.3) is 0 Å². The van der Waals surface area contributed by atoms with E-state index in [1.807, 2.05) is 0 Å². The molecule has 0 bridgehead atoms. The Labute approximate surface area is 174 Å². The van der Waals surface area contributed by atoms with Crippen LogP contribution in [0.2, 0.25) is 0 Å². The van der Waals surface area contributed by atoms with E-state index in [9.17, 15) is 18.4 Å². The third-order valence-electron chi connectivity index (χ3n) is 4.83. The molecule has 1 aromatic heterocycles. The van der Waals surface area contributed by atoms with Gasteiger partial charge in [0.2, 0.25) is 11.8 Å². The average Bonchev–Trinajstić information content (AvgIpc) is 3.30. The number of thiazole rings is 1. The zero-order chi connectivity index (χ0) is 21.4. The second-order valence-corrected chi connectivity index (χ2v) is 7.72. The summed E-state index contributed by atoms with van der Waals surface area (Å²) in [5.74, 6) is -2.15. The van der Waals surface area contributed by atoms with Gasteiger partial charge in [-0.2, -0.15) is 0 Å². The SMILES string of the molecule is COc1ccc(N2CC(C(=O)Nc3nc4cc(F)c(F)cc4s3)CC2=O)c(OC)c1. The van der Waals surface area contributed by atoms with Gasteiger partial charge < -0.3 is 19.7 Å². The Balaban J connectivity index is 1.51. The first-order chi connectivity index (χ1) is 14.4. The summed E-state index contributed by atoms with van der Waals surface area (Å²) in [6.45, 7) is 0.168. The fourth-order valence-electron chi connectivity index (χ4n) is 3.31. The van der Waals surface area contributed by atoms with Crippen LogP contribution in [-0.2, 0) is 9.59 Å². The molecule has 1 saturated heterocycles. The lowest BCUT2D eigenvalue weighted by Crippen LogP contribution is -2.28. The third-order valence-corrected chi connectivity index (χ3v) is 5.77. The number of halogens is 2. The predicted octanol–water partition coefficient (Wildman–Crippen LogP) is 3.58. The molecular weight excluding hydrogens is 416 g/mol. The average molecular weight is 433 g/mol. The van der Waals surface area contributed by atoms with Crippen molar-refractivity contribution in [2.45, 2.75) is 6.42 Å². The van der Waals surface area contributed by atoms with E-state index in [-0.39, 0.29) is 29.5 Å². The van der Waals surface area contributed by atoms with E-state index in [2.05, 4.69) is 10.3 Å². The topological polar surface area (TPSA) is 80.8 Å². The van der Waals surface area contributed by atoms with Crippen molar-refractivity contribution in [1.82, 2.24) is 4.98 Å². The molecular formula is C20H17F2N3O4S. The number of nitrogens with zero attached hydrogens (tertiary/aromatic N) is 2. The molecule has 2 aromatic carbocycles. The first-order valence-electron chi connectivity index (χ1n) is 8.98. The third kappa shape index (κ3) is 3.65. The number of nitrogens with one attached hydrogen (secondary N) is 1. The summed E-state index contributed by atoms with van der Waals surface area (Å²) in [6.07, 6.45) is 0.0230. The summed E-state index contributed by atoms with van der Waals surface area (Å²) < 4.78 is 37.7. The van der Waals surface area contributed by atoms with Crippen LogP contribution in [0.15, 0.2) is 30.3 Å². The second kappa shape index (κ2) is 7.86. The molecule has 0 saturated carbocycles. The molecule has 1 N–H and O–H groups in total. The molecule has 1 fully saturated rings. The van der Waals surface area contributed by atoms with Gasteiger partial charge >= 0.3 is 0 Å². The highest BCUT2D eigenvalue weighted by molar-refractivity contribution is 7.22. The smallest absolute Gasteiger partial charge is 0.231 e. The van der Waals surface area contributed by atoms with Crippen LogP contribution in [-0.4, -0.2) is 37.6 Å². The molecule has 1 atom stereocenters. The van der Waals surface area contributed by atoms with Crippen LogP contribution in [0.25, 0.3) is 10.2 Å². The van der Waals surface area contributed by atoms with Crippen molar-refractivity contribution < 1.29 is 27.8 Å². The van der Waals surface area contributed by atoms with E-state index in [1.165, 1.54) is 19.1 Å². The number of amides is 2. The molecule has 2 heterocycles. The van der Waals surface area contributed by atoms with Crippen molar-refractivity contribution in [1.29, 1.82) is 0 Å². The number of hydrogen-bond donors (Lipinski definition) is 1. The second-order valence-electron chi connectivity index (χ2n) is 6.69. The van der Waals surface area contributed by atoms with Gasteiger partial charge in [-0.25, -0.2) is 13.8 Å². The summed E-state index contributed by atoms with van der Waals surface area (Å²) in [7, 11) is 3.02. The first-order valence-corrected chi connectivity index (χ1v) is 9.80. The maximum Gasteiger partial charge on any atom is 0.231 e. The van der Waals surface area contributed by atoms with Crippen molar-refractivity contribution in [2.24, 2.45) is 5.92 Å². The molecule has 10 heteroatoms. The zero-order valence-electron chi connectivity index (χ0n) is 16.1. The van der Waals surface area contributed by atoms with Crippen molar-refractivity contribution >= 4 is 44.2 Å². The number of anilines is 2. The molecule has 3 aromatic rings. The van der Waals surface area contributed by atoms with Crippen LogP contribution in [0.4, 0.5) is 19.6 Å². The number of rotatable bonds is 5. The van der Waals surface area contributed by atoms with E-state index in [1.54, 1.807) is 18.2 Å². The molecule has 0 spiro atoms. The van der Waals surface area contributed by atoms with Gasteiger partial charge in [-0.3, -0.25) is 9.59 Å². The molecule has 2 amide bonds. The molecule has 4 rings (SSSR count). The summed E-state index contributed by atoms with van der Waals surface area (Å²) >= 11 is 1.03. The van der Waals surface area contributed by atoms with E-state index >= 15 is 0 Å². The summed E-state index contributed by atoms with van der Waals surface area (Å²) in [5.41, 5.74) is 0.797. The maximum absolute atomic E-state index is 13.4. The van der Waals surface area contributed by atoms with E-state index in [0.717, 1.165) is 23.5 Å². The Kier molecular flexibility index (Phi) is 5.25. The predicted molar refractivity (Wildman–Crippen MR) is 108 cm³/mol. The van der Waals surface area contributed by atoms with Gasteiger partial charge in [0.15, 0.2) is 16.8 Å². The Morgan fingerprint density at radius 2 is 1.97 bits per heavy atom. The molecule has 1 aliphatic heterocycles. The van der Waals surface area contributed by atoms with Crippen LogP contribution in [0.3, 0.4) is 0 Å². The number of hydrogen-bond acceptors (Lipinski definition) is 6. The highest BCUT2D eigenvalue weighted by atomic mass is 32.1. The van der Waals surface area contributed by atoms with Gasteiger partial charge in [0.1, 0.15) is 11.5 Å². The molecule has 0 aliphatic carbocycles. The number of benzene rings is 2. The van der Waals surface area contributed by atoms with E-state index in [4.69, 9.17) is 9.47 Å². The number of ether oxygens (including phenoxy) is 2. The van der Waals surface area contributed by atoms with Gasteiger partial charge in [-0.05, 0) is 18.2 Å². The lowest BCUT2D eigenvalue weighted by molar-refractivity contribution is -0.122. The minimum Gasteiger partial charge on any atom is -0.497 e. The minimum atomic E-state index is -1.00. The maximum atomic E-state index is 13.4. The standard InChI is InChI=1S/C20H17F2N3O4S/c1-28-11-3-4-15(16(6-11)29-2)25-9-10(5-18(25)26)19(27)24-20-23-14-7-12(21)13(22)8-17(14)30-20/h3-4,6-8,10H,5,9H2,1-2H3,(H,23,24,27). The van der Waals surface area contributed by atoms with E-state index in [0.29, 0.717) is 21.9 Å². The zero-order valence-corrected chi connectivity index (χ0v) is 16.9. The van der Waals surface area contributed by atoms with Crippen LogP contribution in [0.5, 0.6) is 11.5 Å². The number of methoxy groups -OCH3 is 2. The minimum absolute atomic E-state index is 0.0230. The van der Waals surface area contributed by atoms with Crippen LogP contribution < -0.4 is 19.7 Å². The molecule has 30 heavy (non-hydrogen) atoms. The fourth-order valence-corrected chi connectivity index (χ4v) is 4.18. The summed E-state index contributed by atoms with van der Waals surface area (Å²) in [6, 6.07) is 7.09. The van der Waals surface area contributed by atoms with Gasteiger partial charge in [0, 0.05) is 25.1 Å². The van der Waals surface area contributed by atoms with E-state index < -0.39 is 23.5 Å². The number of aromatic nitrogens is 1. The summed E-state index contributed by atoms with van der Waals surface area (Å²) in [5, 5.41) is 2.86. The van der Waals surface area contributed by atoms with Gasteiger partial charge in [0.05, 0.1) is 36.0 Å². The van der Waals surface area contributed by atoms with Crippen LogP contribution in [0.1, 0.15) is 6.42 Å². The molecule has 1 unspecified atom stereocenters. The van der Waals surface area contributed by atoms with Crippen molar-refractivity contribution in [3.05, 3.63) is 42.0 Å². The van der Waals surface area contributed by atoms with Crippen molar-refractivity contribution in [2.75, 3.05) is 31.0 Å². The number of carbonyl (C=O) groups is 2. The van der Waals surface area contributed by atoms with Gasteiger partial charge in [-0.15, -0.1) is 0 Å². The van der Waals surface area contributed by atoms with Crippen LogP contribution >= 0.6 is 11.3 Å². The quantitative estimate of drug-likeness (QED) is 0.665. The van der Waals surface area contributed by atoms with Crippen molar-refractivity contribution in [3.8, 4) is 11.5 Å². The Morgan fingerprint density at radius 3 is 2.70 bits per heavy atom. The molecule has 0 radical (unpaired) electrons. The molecule has 1 aliphatic rings. The highest BCUT2D eigenvalue weighted by Gasteiger charge is 2.36. The lowest BCUT2D eigenvalue weighted by Gasteiger charge is -2.20. The molecule has 7 nitrogen and oxygen atoms in total. The Bertz CT molecular complexity index is 1110. The van der Waals surface area contributed by atoms with Crippen molar-refractivity contribution in [3.63, 3.8) is 0 Å². The normalized spacial score (nSPS) is 16.2. The van der Waals surface area contributed by atoms with Crippen LogP contribution in [0, 0.1) is 17.6 Å². The fraction of sp³-hybridized carbons (Fsp3) is 0.250. The highest BCUT2D eigenvalue weighted by Crippen LogP contribution is 2.36.